The Kier molecular flexibility index (Phi) is 6.81. The number of alkyl halides is 3. The lowest BCUT2D eigenvalue weighted by Crippen LogP contribution is -2.51. The van der Waals surface area contributed by atoms with E-state index in [1.54, 1.807) is 12.3 Å². The summed E-state index contributed by atoms with van der Waals surface area (Å²) >= 11 is 0. The summed E-state index contributed by atoms with van der Waals surface area (Å²) in [5, 5.41) is 6.21. The quantitative estimate of drug-likeness (QED) is 0.584. The number of aliphatic imine (C=N–C) groups is 1. The monoisotopic (exact) mass is 393 g/mol. The van der Waals surface area contributed by atoms with Crippen molar-refractivity contribution in [2.45, 2.75) is 37.9 Å². The van der Waals surface area contributed by atoms with Crippen LogP contribution in [-0.4, -0.2) is 54.9 Å². The number of hydrogen-bond donors (Lipinski definition) is 2. The SMILES string of the molecule is CCNC(=NCc1ccccn1)NC1CCN(S(=O)(=O)C(F)(F)F)CC1. The van der Waals surface area contributed by atoms with E-state index in [4.69, 9.17) is 0 Å². The summed E-state index contributed by atoms with van der Waals surface area (Å²) in [5.74, 6) is 0.523. The smallest absolute Gasteiger partial charge is 0.357 e. The summed E-state index contributed by atoms with van der Waals surface area (Å²) in [6.45, 7) is 2.52. The summed E-state index contributed by atoms with van der Waals surface area (Å²) in [6.07, 6.45) is 2.20. The fraction of sp³-hybridized carbons (Fsp3) is 0.600. The summed E-state index contributed by atoms with van der Waals surface area (Å²) < 4.78 is 61.2. The van der Waals surface area contributed by atoms with Gasteiger partial charge < -0.3 is 10.6 Å². The number of halogens is 3. The van der Waals surface area contributed by atoms with Crippen LogP contribution >= 0.6 is 0 Å². The summed E-state index contributed by atoms with van der Waals surface area (Å²) in [7, 11) is -5.26. The minimum atomic E-state index is -5.26. The first-order valence-corrected chi connectivity index (χ1v) is 9.69. The lowest BCUT2D eigenvalue weighted by Gasteiger charge is -2.32. The Morgan fingerprint density at radius 2 is 2.04 bits per heavy atom. The van der Waals surface area contributed by atoms with Crippen molar-refractivity contribution in [3.05, 3.63) is 30.1 Å². The van der Waals surface area contributed by atoms with Crippen molar-refractivity contribution in [1.29, 1.82) is 0 Å². The largest absolute Gasteiger partial charge is 0.511 e. The van der Waals surface area contributed by atoms with Crippen LogP contribution in [-0.2, 0) is 16.6 Å². The Morgan fingerprint density at radius 1 is 1.35 bits per heavy atom. The van der Waals surface area contributed by atoms with Gasteiger partial charge in [-0.05, 0) is 31.9 Å². The molecular weight excluding hydrogens is 371 g/mol. The molecule has 0 unspecified atom stereocenters. The van der Waals surface area contributed by atoms with E-state index in [0.717, 1.165) is 5.69 Å². The highest BCUT2D eigenvalue weighted by Gasteiger charge is 2.50. The molecule has 2 heterocycles. The molecule has 0 aliphatic carbocycles. The Labute approximate surface area is 150 Å². The minimum absolute atomic E-state index is 0.156. The minimum Gasteiger partial charge on any atom is -0.357 e. The van der Waals surface area contributed by atoms with Crippen molar-refractivity contribution < 1.29 is 21.6 Å². The number of nitrogens with one attached hydrogen (secondary N) is 2. The van der Waals surface area contributed by atoms with Crippen molar-refractivity contribution in [2.24, 2.45) is 4.99 Å². The van der Waals surface area contributed by atoms with Gasteiger partial charge in [0.25, 0.3) is 0 Å². The first kappa shape index (κ1) is 20.4. The van der Waals surface area contributed by atoms with E-state index in [-0.39, 0.29) is 32.0 Å². The maximum atomic E-state index is 12.6. The number of hydrogen-bond acceptors (Lipinski definition) is 4. The standard InChI is InChI=1S/C15H22F3N5O2S/c1-2-19-14(21-11-13-5-3-4-8-20-13)22-12-6-9-23(10-7-12)26(24,25)15(16,17)18/h3-5,8,12H,2,6-7,9-11H2,1H3,(H2,19,21,22). The van der Waals surface area contributed by atoms with Gasteiger partial charge in [0.05, 0.1) is 12.2 Å². The highest BCUT2D eigenvalue weighted by Crippen LogP contribution is 2.28. The van der Waals surface area contributed by atoms with E-state index in [0.29, 0.717) is 23.4 Å². The van der Waals surface area contributed by atoms with Crippen LogP contribution in [0.15, 0.2) is 29.4 Å². The second-order valence-corrected chi connectivity index (χ2v) is 7.71. The summed E-state index contributed by atoms with van der Waals surface area (Å²) in [5.41, 5.74) is -4.47. The summed E-state index contributed by atoms with van der Waals surface area (Å²) in [6, 6.07) is 5.35. The summed E-state index contributed by atoms with van der Waals surface area (Å²) in [4.78, 5) is 8.58. The van der Waals surface area contributed by atoms with Gasteiger partial charge in [-0.1, -0.05) is 6.07 Å². The van der Waals surface area contributed by atoms with Gasteiger partial charge >= 0.3 is 15.5 Å². The molecule has 2 N–H and O–H groups in total. The molecule has 1 aliphatic heterocycles. The molecule has 0 aromatic carbocycles. The third-order valence-corrected chi connectivity index (χ3v) is 5.53. The molecule has 0 bridgehead atoms. The number of nitrogens with zero attached hydrogens (tertiary/aromatic N) is 3. The van der Waals surface area contributed by atoms with Crippen molar-refractivity contribution in [3.8, 4) is 0 Å². The maximum Gasteiger partial charge on any atom is 0.511 e. The first-order chi connectivity index (χ1) is 12.2. The van der Waals surface area contributed by atoms with Gasteiger partial charge in [0.15, 0.2) is 5.96 Å². The van der Waals surface area contributed by atoms with Crippen LogP contribution < -0.4 is 10.6 Å². The molecule has 11 heteroatoms. The van der Waals surface area contributed by atoms with Gasteiger partial charge in [0.1, 0.15) is 0 Å². The molecule has 1 aliphatic rings. The van der Waals surface area contributed by atoms with Gasteiger partial charge in [-0.3, -0.25) is 4.98 Å². The molecule has 26 heavy (non-hydrogen) atoms. The van der Waals surface area contributed by atoms with Crippen LogP contribution in [0.2, 0.25) is 0 Å². The van der Waals surface area contributed by atoms with Crippen LogP contribution in [0.3, 0.4) is 0 Å². The van der Waals surface area contributed by atoms with Crippen molar-refractivity contribution >= 4 is 16.0 Å². The maximum absolute atomic E-state index is 12.6. The fourth-order valence-corrected chi connectivity index (χ4v) is 3.54. The van der Waals surface area contributed by atoms with Gasteiger partial charge in [0.2, 0.25) is 0 Å². The zero-order valence-electron chi connectivity index (χ0n) is 14.3. The van der Waals surface area contributed by atoms with Crippen molar-refractivity contribution in [2.75, 3.05) is 19.6 Å². The Hall–Kier alpha value is -1.88. The predicted octanol–water partition coefficient (Wildman–Crippen LogP) is 1.45. The zero-order valence-corrected chi connectivity index (χ0v) is 15.1. The zero-order chi connectivity index (χ0) is 19.2. The lowest BCUT2D eigenvalue weighted by atomic mass is 10.1. The van der Waals surface area contributed by atoms with E-state index in [1.807, 2.05) is 19.1 Å². The average Bonchev–Trinajstić information content (AvgIpc) is 2.60. The number of aromatic nitrogens is 1. The molecule has 1 fully saturated rings. The highest BCUT2D eigenvalue weighted by atomic mass is 32.2. The van der Waals surface area contributed by atoms with E-state index in [2.05, 4.69) is 20.6 Å². The lowest BCUT2D eigenvalue weighted by molar-refractivity contribution is -0.0494. The highest BCUT2D eigenvalue weighted by molar-refractivity contribution is 7.90. The molecule has 1 saturated heterocycles. The van der Waals surface area contributed by atoms with Crippen molar-refractivity contribution in [1.82, 2.24) is 19.9 Å². The number of rotatable bonds is 5. The van der Waals surface area contributed by atoms with Crippen LogP contribution in [0.5, 0.6) is 0 Å². The Morgan fingerprint density at radius 3 is 2.58 bits per heavy atom. The second kappa shape index (κ2) is 8.67. The number of guanidine groups is 1. The average molecular weight is 393 g/mol. The molecule has 0 spiro atoms. The van der Waals surface area contributed by atoms with Crippen LogP contribution in [0, 0.1) is 0 Å². The molecule has 0 amide bonds. The second-order valence-electron chi connectivity index (χ2n) is 5.78. The molecule has 7 nitrogen and oxygen atoms in total. The van der Waals surface area contributed by atoms with Crippen LogP contribution in [0.1, 0.15) is 25.5 Å². The van der Waals surface area contributed by atoms with E-state index >= 15 is 0 Å². The van der Waals surface area contributed by atoms with E-state index < -0.39 is 15.5 Å². The predicted molar refractivity (Wildman–Crippen MR) is 91.8 cm³/mol. The molecule has 0 radical (unpaired) electrons. The van der Waals surface area contributed by atoms with Gasteiger partial charge in [-0.2, -0.15) is 17.5 Å². The van der Waals surface area contributed by atoms with Gasteiger partial charge in [-0.15, -0.1) is 0 Å². The molecule has 1 aromatic heterocycles. The van der Waals surface area contributed by atoms with E-state index in [1.165, 1.54) is 0 Å². The van der Waals surface area contributed by atoms with Gasteiger partial charge in [-0.25, -0.2) is 13.4 Å². The fourth-order valence-electron chi connectivity index (χ4n) is 2.55. The first-order valence-electron chi connectivity index (χ1n) is 8.25. The number of pyridine rings is 1. The van der Waals surface area contributed by atoms with Gasteiger partial charge in [0, 0.05) is 31.9 Å². The third-order valence-electron chi connectivity index (χ3n) is 3.90. The Balaban J connectivity index is 1.93. The van der Waals surface area contributed by atoms with Crippen LogP contribution in [0.25, 0.3) is 0 Å². The van der Waals surface area contributed by atoms with Crippen LogP contribution in [0.4, 0.5) is 13.2 Å². The van der Waals surface area contributed by atoms with E-state index in [9.17, 15) is 21.6 Å². The molecule has 2 rings (SSSR count). The third kappa shape index (κ3) is 5.31. The molecule has 0 saturated carbocycles. The number of piperidine rings is 1. The molecular formula is C15H22F3N5O2S. The molecule has 0 atom stereocenters. The molecule has 1 aromatic rings. The van der Waals surface area contributed by atoms with Crippen molar-refractivity contribution in [3.63, 3.8) is 0 Å². The molecule has 146 valence electrons. The topological polar surface area (TPSA) is 86.7 Å². The Bertz CT molecular complexity index is 702. The number of sulfonamides is 1. The normalized spacial score (nSPS) is 17.9.